The van der Waals surface area contributed by atoms with Gasteiger partial charge in [0.05, 0.1) is 11.6 Å². The minimum atomic E-state index is -0.293. The van der Waals surface area contributed by atoms with Crippen LogP contribution in [0.3, 0.4) is 0 Å². The summed E-state index contributed by atoms with van der Waals surface area (Å²) in [5.41, 5.74) is 1.73. The second-order valence-electron chi connectivity index (χ2n) is 5.55. The molecule has 3 rings (SSSR count). The molecule has 1 saturated heterocycles. The van der Waals surface area contributed by atoms with Gasteiger partial charge < -0.3 is 0 Å². The summed E-state index contributed by atoms with van der Waals surface area (Å²) < 4.78 is 0.921. The van der Waals surface area contributed by atoms with Crippen molar-refractivity contribution in [2.24, 2.45) is 5.92 Å². The van der Waals surface area contributed by atoms with Gasteiger partial charge in [-0.1, -0.05) is 53.2 Å². The molecule has 0 aliphatic carbocycles. The highest BCUT2D eigenvalue weighted by molar-refractivity contribution is 9.10. The Kier molecular flexibility index (Phi) is 4.12. The lowest BCUT2D eigenvalue weighted by molar-refractivity contribution is -0.122. The molecule has 0 N–H and O–H groups in total. The summed E-state index contributed by atoms with van der Waals surface area (Å²) in [4.78, 5) is 26.3. The number of carbonyl (C=O) groups is 2. The zero-order valence-electron chi connectivity index (χ0n) is 12.2. The number of rotatable bonds is 3. The molecular weight excluding hydrogens is 342 g/mol. The van der Waals surface area contributed by atoms with Crippen LogP contribution in [0.5, 0.6) is 0 Å². The Hall–Kier alpha value is -1.94. The lowest BCUT2D eigenvalue weighted by Crippen LogP contribution is -2.31. The van der Waals surface area contributed by atoms with Crippen LogP contribution < -0.4 is 4.90 Å². The molecule has 1 aliphatic rings. The average molecular weight is 358 g/mol. The summed E-state index contributed by atoms with van der Waals surface area (Å²) >= 11 is 3.36. The molecular formula is C18H16BrNO2. The normalized spacial score (nSPS) is 19.5. The first kappa shape index (κ1) is 15.0. The number of hydrogen-bond donors (Lipinski definition) is 0. The van der Waals surface area contributed by atoms with E-state index < -0.39 is 0 Å². The van der Waals surface area contributed by atoms with Crippen molar-refractivity contribution in [1.82, 2.24) is 0 Å². The molecule has 2 amide bonds. The maximum Gasteiger partial charge on any atom is 0.237 e. The molecule has 2 aromatic carbocycles. The molecule has 1 aliphatic heterocycles. The molecule has 0 bridgehead atoms. The number of nitrogens with zero attached hydrogens (tertiary/aromatic N) is 1. The van der Waals surface area contributed by atoms with Crippen molar-refractivity contribution in [2.45, 2.75) is 19.3 Å². The molecule has 2 aromatic rings. The number of imide groups is 1. The van der Waals surface area contributed by atoms with Gasteiger partial charge in [0.15, 0.2) is 0 Å². The lowest BCUT2D eigenvalue weighted by Gasteiger charge is -2.19. The molecule has 4 heteroatoms. The van der Waals surface area contributed by atoms with Gasteiger partial charge >= 0.3 is 0 Å². The molecule has 1 heterocycles. The number of anilines is 1. The summed E-state index contributed by atoms with van der Waals surface area (Å²) in [5.74, 6) is -0.500. The van der Waals surface area contributed by atoms with Gasteiger partial charge in [-0.25, -0.2) is 0 Å². The number of benzene rings is 2. The first-order valence-corrected chi connectivity index (χ1v) is 8.04. The molecule has 0 aromatic heterocycles. The van der Waals surface area contributed by atoms with Crippen molar-refractivity contribution >= 4 is 33.4 Å². The van der Waals surface area contributed by atoms with Crippen LogP contribution in [0, 0.1) is 5.92 Å². The highest BCUT2D eigenvalue weighted by Gasteiger charge is 2.42. The van der Waals surface area contributed by atoms with Gasteiger partial charge in [0.2, 0.25) is 11.8 Å². The molecule has 0 radical (unpaired) electrons. The number of halogens is 1. The second-order valence-corrected chi connectivity index (χ2v) is 6.47. The fraction of sp³-hybridized carbons (Fsp3) is 0.222. The minimum absolute atomic E-state index is 0.0260. The highest BCUT2D eigenvalue weighted by Crippen LogP contribution is 2.35. The van der Waals surface area contributed by atoms with Gasteiger partial charge in [0, 0.05) is 10.9 Å². The van der Waals surface area contributed by atoms with Crippen LogP contribution in [-0.4, -0.2) is 11.8 Å². The number of carbonyl (C=O) groups excluding carboxylic acids is 2. The number of hydrogen-bond acceptors (Lipinski definition) is 2. The largest absolute Gasteiger partial charge is 0.274 e. The van der Waals surface area contributed by atoms with Crippen LogP contribution >= 0.6 is 15.9 Å². The van der Waals surface area contributed by atoms with Gasteiger partial charge in [-0.2, -0.15) is 0 Å². The Morgan fingerprint density at radius 1 is 1.05 bits per heavy atom. The Bertz CT molecular complexity index is 697. The summed E-state index contributed by atoms with van der Waals surface area (Å²) in [5, 5.41) is 0. The molecule has 0 spiro atoms. The van der Waals surface area contributed by atoms with Crippen LogP contribution in [0.4, 0.5) is 5.69 Å². The van der Waals surface area contributed by atoms with E-state index in [9.17, 15) is 9.59 Å². The van der Waals surface area contributed by atoms with Crippen LogP contribution in [0.1, 0.15) is 24.8 Å². The van der Waals surface area contributed by atoms with E-state index in [1.165, 1.54) is 4.90 Å². The van der Waals surface area contributed by atoms with Crippen LogP contribution in [-0.2, 0) is 9.59 Å². The van der Waals surface area contributed by atoms with Crippen LogP contribution in [0.2, 0.25) is 0 Å². The fourth-order valence-corrected chi connectivity index (χ4v) is 3.16. The van der Waals surface area contributed by atoms with Crippen molar-refractivity contribution in [3.8, 4) is 0 Å². The molecule has 2 atom stereocenters. The van der Waals surface area contributed by atoms with E-state index in [4.69, 9.17) is 0 Å². The van der Waals surface area contributed by atoms with Crippen molar-refractivity contribution in [3.63, 3.8) is 0 Å². The minimum Gasteiger partial charge on any atom is -0.274 e. The van der Waals surface area contributed by atoms with E-state index in [0.717, 1.165) is 10.0 Å². The molecule has 0 saturated carbocycles. The highest BCUT2D eigenvalue weighted by atomic mass is 79.9. The maximum atomic E-state index is 12.7. The van der Waals surface area contributed by atoms with Crippen molar-refractivity contribution < 1.29 is 9.59 Å². The van der Waals surface area contributed by atoms with Crippen LogP contribution in [0.15, 0.2) is 59.1 Å². The topological polar surface area (TPSA) is 37.4 Å². The van der Waals surface area contributed by atoms with E-state index in [1.807, 2.05) is 49.4 Å². The quantitative estimate of drug-likeness (QED) is 0.774. The van der Waals surface area contributed by atoms with Gasteiger partial charge in [-0.3, -0.25) is 14.5 Å². The summed E-state index contributed by atoms with van der Waals surface area (Å²) in [6.45, 7) is 2.01. The second kappa shape index (κ2) is 6.05. The zero-order valence-corrected chi connectivity index (χ0v) is 13.8. The molecule has 3 nitrogen and oxygen atoms in total. The third-order valence-electron chi connectivity index (χ3n) is 4.20. The summed E-state index contributed by atoms with van der Waals surface area (Å²) in [6.07, 6.45) is 0.269. The predicted molar refractivity (Wildman–Crippen MR) is 89.6 cm³/mol. The van der Waals surface area contributed by atoms with Gasteiger partial charge in [0.1, 0.15) is 0 Å². The summed E-state index contributed by atoms with van der Waals surface area (Å²) in [7, 11) is 0. The molecule has 0 unspecified atom stereocenters. The fourth-order valence-electron chi connectivity index (χ4n) is 2.90. The number of amides is 2. The third-order valence-corrected chi connectivity index (χ3v) is 4.72. The van der Waals surface area contributed by atoms with E-state index in [0.29, 0.717) is 5.69 Å². The molecule has 112 valence electrons. The maximum absolute atomic E-state index is 12.7. The molecule has 22 heavy (non-hydrogen) atoms. The average Bonchev–Trinajstić information content (AvgIpc) is 2.83. The lowest BCUT2D eigenvalue weighted by atomic mass is 9.86. The zero-order chi connectivity index (χ0) is 15.7. The van der Waals surface area contributed by atoms with E-state index in [-0.39, 0.29) is 30.1 Å². The van der Waals surface area contributed by atoms with E-state index >= 15 is 0 Å². The van der Waals surface area contributed by atoms with Crippen LogP contribution in [0.25, 0.3) is 0 Å². The monoisotopic (exact) mass is 357 g/mol. The van der Waals surface area contributed by atoms with Crippen molar-refractivity contribution in [3.05, 3.63) is 64.6 Å². The van der Waals surface area contributed by atoms with Gasteiger partial charge in [0.25, 0.3) is 0 Å². The SMILES string of the molecule is C[C@H](c1ccccc1)[C@@H]1CC(=O)N(c2ccc(Br)cc2)C1=O. The van der Waals surface area contributed by atoms with Gasteiger partial charge in [-0.15, -0.1) is 0 Å². The van der Waals surface area contributed by atoms with Gasteiger partial charge in [-0.05, 0) is 35.7 Å². The van der Waals surface area contributed by atoms with Crippen molar-refractivity contribution in [1.29, 1.82) is 0 Å². The standard InChI is InChI=1S/C18H16BrNO2/c1-12(13-5-3-2-4-6-13)16-11-17(21)20(18(16)22)15-9-7-14(19)8-10-15/h2-10,12,16H,11H2,1H3/t12-,16+/m1/s1. The smallest absolute Gasteiger partial charge is 0.237 e. The summed E-state index contributed by atoms with van der Waals surface area (Å²) in [6, 6.07) is 17.1. The predicted octanol–water partition coefficient (Wildman–Crippen LogP) is 4.13. The van der Waals surface area contributed by atoms with E-state index in [2.05, 4.69) is 15.9 Å². The Morgan fingerprint density at radius 2 is 1.68 bits per heavy atom. The molecule has 1 fully saturated rings. The Morgan fingerprint density at radius 3 is 2.32 bits per heavy atom. The Balaban J connectivity index is 1.87. The third kappa shape index (κ3) is 2.71. The first-order valence-electron chi connectivity index (χ1n) is 7.25. The first-order chi connectivity index (χ1) is 10.6. The van der Waals surface area contributed by atoms with Crippen molar-refractivity contribution in [2.75, 3.05) is 4.90 Å². The van der Waals surface area contributed by atoms with E-state index in [1.54, 1.807) is 12.1 Å². The Labute approximate surface area is 138 Å².